The van der Waals surface area contributed by atoms with Gasteiger partial charge >= 0.3 is 0 Å². The lowest BCUT2D eigenvalue weighted by Crippen LogP contribution is -2.26. The van der Waals surface area contributed by atoms with Crippen molar-refractivity contribution in [3.8, 4) is 22.4 Å². The molecule has 0 bridgehead atoms. The van der Waals surface area contributed by atoms with E-state index in [1.807, 2.05) is 12.1 Å². The lowest BCUT2D eigenvalue weighted by atomic mass is 9.94. The van der Waals surface area contributed by atoms with Gasteiger partial charge in [0.2, 0.25) is 0 Å². The highest BCUT2D eigenvalue weighted by Crippen LogP contribution is 2.36. The van der Waals surface area contributed by atoms with Crippen molar-refractivity contribution >= 4 is 5.78 Å². The van der Waals surface area contributed by atoms with Gasteiger partial charge in [-0.15, -0.1) is 0 Å². The number of pyridine rings is 1. The number of halogens is 1. The maximum Gasteiger partial charge on any atom is 0.178 e. The van der Waals surface area contributed by atoms with Gasteiger partial charge in [0.1, 0.15) is 11.5 Å². The molecule has 3 heterocycles. The van der Waals surface area contributed by atoms with Crippen LogP contribution in [0.2, 0.25) is 0 Å². The van der Waals surface area contributed by atoms with Crippen LogP contribution in [0.5, 0.6) is 0 Å². The number of Topliss-reactive ketones (excluding diaryl/α,β-unsaturated/α-hetero) is 1. The molecule has 0 amide bonds. The fourth-order valence-electron chi connectivity index (χ4n) is 3.69. The van der Waals surface area contributed by atoms with Gasteiger partial charge in [-0.1, -0.05) is 0 Å². The zero-order valence-corrected chi connectivity index (χ0v) is 15.3. The number of rotatable bonds is 4. The summed E-state index contributed by atoms with van der Waals surface area (Å²) in [5, 5.41) is 3.39. The summed E-state index contributed by atoms with van der Waals surface area (Å²) >= 11 is 0. The molecule has 27 heavy (non-hydrogen) atoms. The zero-order valence-electron chi connectivity index (χ0n) is 15.3. The van der Waals surface area contributed by atoms with E-state index in [1.54, 1.807) is 18.3 Å². The minimum Gasteiger partial charge on any atom is -0.358 e. The zero-order chi connectivity index (χ0) is 18.8. The number of ketones is 1. The maximum atomic E-state index is 13.4. The molecule has 138 valence electrons. The molecule has 1 fully saturated rings. The average molecular weight is 363 g/mol. The Balaban J connectivity index is 1.83. The number of nitrogens with one attached hydrogen (secondary N) is 2. The molecule has 1 aromatic carbocycles. The molecule has 0 aliphatic carbocycles. The van der Waals surface area contributed by atoms with E-state index in [2.05, 4.69) is 21.4 Å². The first-order valence-corrected chi connectivity index (χ1v) is 9.29. The SMILES string of the molecule is CC(=O)c1cc(-c2cc(C3CCNCC3)[nH]c2-c2ccc(F)cc2)ccn1. The topological polar surface area (TPSA) is 57.8 Å². The summed E-state index contributed by atoms with van der Waals surface area (Å²) in [5.41, 5.74) is 5.46. The monoisotopic (exact) mass is 363 g/mol. The van der Waals surface area contributed by atoms with Gasteiger partial charge in [0.05, 0.1) is 5.69 Å². The Hall–Kier alpha value is -2.79. The van der Waals surface area contributed by atoms with Crippen LogP contribution in [0.15, 0.2) is 48.7 Å². The van der Waals surface area contributed by atoms with Gasteiger partial charge < -0.3 is 10.3 Å². The van der Waals surface area contributed by atoms with E-state index in [1.165, 1.54) is 24.8 Å². The molecule has 0 atom stereocenters. The van der Waals surface area contributed by atoms with Crippen molar-refractivity contribution in [1.29, 1.82) is 0 Å². The van der Waals surface area contributed by atoms with E-state index in [-0.39, 0.29) is 11.6 Å². The van der Waals surface area contributed by atoms with Gasteiger partial charge in [-0.2, -0.15) is 0 Å². The quantitative estimate of drug-likeness (QED) is 0.669. The van der Waals surface area contributed by atoms with Crippen LogP contribution in [0.1, 0.15) is 41.9 Å². The predicted molar refractivity (Wildman–Crippen MR) is 104 cm³/mol. The molecule has 0 radical (unpaired) electrons. The number of nitrogens with zero attached hydrogens (tertiary/aromatic N) is 1. The van der Waals surface area contributed by atoms with Crippen molar-refractivity contribution in [3.63, 3.8) is 0 Å². The molecule has 2 aromatic heterocycles. The summed E-state index contributed by atoms with van der Waals surface area (Å²) in [6, 6.07) is 12.4. The normalized spacial score (nSPS) is 15.0. The highest BCUT2D eigenvalue weighted by atomic mass is 19.1. The number of aromatic nitrogens is 2. The van der Waals surface area contributed by atoms with Gasteiger partial charge in [-0.05, 0) is 79.5 Å². The van der Waals surface area contributed by atoms with Crippen LogP contribution < -0.4 is 5.32 Å². The second-order valence-electron chi connectivity index (χ2n) is 7.03. The molecule has 1 aliphatic rings. The first kappa shape index (κ1) is 17.6. The molecule has 4 rings (SSSR count). The molecule has 2 N–H and O–H groups in total. The number of hydrogen-bond donors (Lipinski definition) is 2. The number of carbonyl (C=O) groups is 1. The van der Waals surface area contributed by atoms with Crippen molar-refractivity contribution in [2.75, 3.05) is 13.1 Å². The van der Waals surface area contributed by atoms with Crippen LogP contribution in [0, 0.1) is 5.82 Å². The van der Waals surface area contributed by atoms with Crippen molar-refractivity contribution in [3.05, 3.63) is 65.9 Å². The van der Waals surface area contributed by atoms with E-state index >= 15 is 0 Å². The van der Waals surface area contributed by atoms with Gasteiger partial charge in [0, 0.05) is 30.3 Å². The molecule has 0 saturated carbocycles. The third-order valence-corrected chi connectivity index (χ3v) is 5.18. The average Bonchev–Trinajstić information content (AvgIpc) is 3.15. The fraction of sp³-hybridized carbons (Fsp3) is 0.273. The fourth-order valence-corrected chi connectivity index (χ4v) is 3.69. The first-order chi connectivity index (χ1) is 13.1. The number of H-pyrrole nitrogens is 1. The van der Waals surface area contributed by atoms with Crippen LogP contribution in [0.3, 0.4) is 0 Å². The van der Waals surface area contributed by atoms with Gasteiger partial charge in [0.15, 0.2) is 5.78 Å². The van der Waals surface area contributed by atoms with Crippen molar-refractivity contribution in [2.24, 2.45) is 0 Å². The number of piperidine rings is 1. The summed E-state index contributed by atoms with van der Waals surface area (Å²) in [6.07, 6.45) is 3.83. The highest BCUT2D eigenvalue weighted by Gasteiger charge is 2.21. The molecule has 5 heteroatoms. The molecule has 0 unspecified atom stereocenters. The van der Waals surface area contributed by atoms with E-state index < -0.39 is 0 Å². The minimum atomic E-state index is -0.256. The van der Waals surface area contributed by atoms with E-state index in [0.717, 1.165) is 48.3 Å². The van der Waals surface area contributed by atoms with Crippen LogP contribution >= 0.6 is 0 Å². The number of aromatic amines is 1. The molecular weight excluding hydrogens is 341 g/mol. The smallest absolute Gasteiger partial charge is 0.178 e. The summed E-state index contributed by atoms with van der Waals surface area (Å²) in [6.45, 7) is 3.54. The Kier molecular flexibility index (Phi) is 4.86. The highest BCUT2D eigenvalue weighted by molar-refractivity contribution is 5.94. The van der Waals surface area contributed by atoms with Crippen molar-refractivity contribution in [1.82, 2.24) is 15.3 Å². The summed E-state index contributed by atoms with van der Waals surface area (Å²) in [7, 11) is 0. The summed E-state index contributed by atoms with van der Waals surface area (Å²) in [5.74, 6) is 0.149. The summed E-state index contributed by atoms with van der Waals surface area (Å²) < 4.78 is 13.4. The lowest BCUT2D eigenvalue weighted by molar-refractivity contribution is 0.101. The minimum absolute atomic E-state index is 0.0608. The maximum absolute atomic E-state index is 13.4. The molecular formula is C22H22FN3O. The van der Waals surface area contributed by atoms with Gasteiger partial charge in [0.25, 0.3) is 0 Å². The van der Waals surface area contributed by atoms with E-state index in [4.69, 9.17) is 0 Å². The molecule has 4 nitrogen and oxygen atoms in total. The first-order valence-electron chi connectivity index (χ1n) is 9.29. The Morgan fingerprint density at radius 3 is 2.52 bits per heavy atom. The van der Waals surface area contributed by atoms with Crippen LogP contribution in [-0.4, -0.2) is 28.8 Å². The second-order valence-corrected chi connectivity index (χ2v) is 7.03. The van der Waals surface area contributed by atoms with Crippen LogP contribution in [0.4, 0.5) is 4.39 Å². The third-order valence-electron chi connectivity index (χ3n) is 5.18. The van der Waals surface area contributed by atoms with Gasteiger partial charge in [-0.3, -0.25) is 9.78 Å². The predicted octanol–water partition coefficient (Wildman–Crippen LogP) is 4.55. The number of hydrogen-bond acceptors (Lipinski definition) is 3. The standard InChI is InChI=1S/C22H22FN3O/c1-14(27)20-12-17(8-11-25-20)19-13-21(15-6-9-24-10-7-15)26-22(19)16-2-4-18(23)5-3-16/h2-5,8,11-13,15,24,26H,6-7,9-10H2,1H3. The lowest BCUT2D eigenvalue weighted by Gasteiger charge is -2.21. The van der Waals surface area contributed by atoms with Crippen LogP contribution in [0.25, 0.3) is 22.4 Å². The van der Waals surface area contributed by atoms with Crippen molar-refractivity contribution < 1.29 is 9.18 Å². The number of benzene rings is 1. The Morgan fingerprint density at radius 1 is 1.07 bits per heavy atom. The molecule has 0 spiro atoms. The largest absolute Gasteiger partial charge is 0.358 e. The molecule has 3 aromatic rings. The number of carbonyl (C=O) groups excluding carboxylic acids is 1. The van der Waals surface area contributed by atoms with Crippen molar-refractivity contribution in [2.45, 2.75) is 25.7 Å². The molecule has 1 aliphatic heterocycles. The Labute approximate surface area is 157 Å². The second kappa shape index (κ2) is 7.45. The van der Waals surface area contributed by atoms with E-state index in [9.17, 15) is 9.18 Å². The summed E-state index contributed by atoms with van der Waals surface area (Å²) in [4.78, 5) is 19.5. The Bertz CT molecular complexity index is 956. The van der Waals surface area contributed by atoms with Crippen LogP contribution in [-0.2, 0) is 0 Å². The third kappa shape index (κ3) is 3.69. The van der Waals surface area contributed by atoms with Gasteiger partial charge in [-0.25, -0.2) is 4.39 Å². The Morgan fingerprint density at radius 2 is 1.81 bits per heavy atom. The molecule has 1 saturated heterocycles. The van der Waals surface area contributed by atoms with E-state index in [0.29, 0.717) is 11.6 Å².